The Balaban J connectivity index is 0.000000490. The monoisotopic (exact) mass is 107 g/mol. The minimum absolute atomic E-state index is 0. The molecule has 0 atom stereocenters. The van der Waals surface area contributed by atoms with Crippen LogP contribution in [0.4, 0.5) is 0 Å². The third-order valence-corrected chi connectivity index (χ3v) is 1.68. The van der Waals surface area contributed by atoms with E-state index in [2.05, 4.69) is 0 Å². The number of rotatable bonds is 0. The van der Waals surface area contributed by atoms with Crippen molar-refractivity contribution >= 4 is 0 Å². The van der Waals surface area contributed by atoms with E-state index in [0.717, 1.165) is 12.8 Å². The number of hydrogen-bond donors (Lipinski definition) is 1. The maximum absolute atomic E-state index is 9.19. The summed E-state index contributed by atoms with van der Waals surface area (Å²) in [5.74, 6) is 0. The SMILES string of the molecule is CC1(O)CCCC1.[Li+]. The molecule has 1 saturated carbocycles. The van der Waals surface area contributed by atoms with Crippen LogP contribution in [0.3, 0.4) is 0 Å². The molecule has 1 N–H and O–H groups in total. The zero-order valence-electron chi connectivity index (χ0n) is 5.78. The zero-order valence-corrected chi connectivity index (χ0v) is 5.78. The Morgan fingerprint density at radius 3 is 1.75 bits per heavy atom. The third kappa shape index (κ3) is 2.22. The smallest absolute Gasteiger partial charge is 0.390 e. The second-order valence-corrected chi connectivity index (χ2v) is 2.70. The van der Waals surface area contributed by atoms with E-state index in [4.69, 9.17) is 0 Å². The van der Waals surface area contributed by atoms with Crippen molar-refractivity contribution in [1.29, 1.82) is 0 Å². The molecule has 0 heterocycles. The fourth-order valence-electron chi connectivity index (χ4n) is 1.14. The molecule has 42 valence electrons. The molecule has 1 fully saturated rings. The van der Waals surface area contributed by atoms with E-state index >= 15 is 0 Å². The first-order chi connectivity index (χ1) is 3.21. The minimum atomic E-state index is -0.306. The van der Waals surface area contributed by atoms with E-state index in [1.54, 1.807) is 0 Å². The van der Waals surface area contributed by atoms with Gasteiger partial charge in [-0.05, 0) is 19.8 Å². The van der Waals surface area contributed by atoms with Gasteiger partial charge in [-0.15, -0.1) is 0 Å². The van der Waals surface area contributed by atoms with Crippen molar-refractivity contribution in [3.63, 3.8) is 0 Å². The van der Waals surface area contributed by atoms with Crippen LogP contribution in [0.5, 0.6) is 0 Å². The Morgan fingerprint density at radius 2 is 1.62 bits per heavy atom. The summed E-state index contributed by atoms with van der Waals surface area (Å²) in [5, 5.41) is 9.19. The molecule has 8 heavy (non-hydrogen) atoms. The third-order valence-electron chi connectivity index (χ3n) is 1.68. The van der Waals surface area contributed by atoms with E-state index in [1.165, 1.54) is 12.8 Å². The molecular weight excluding hydrogens is 95.0 g/mol. The number of hydrogen-bond acceptors (Lipinski definition) is 1. The van der Waals surface area contributed by atoms with E-state index in [-0.39, 0.29) is 24.5 Å². The zero-order chi connectivity index (χ0) is 5.33. The largest absolute Gasteiger partial charge is 1.00 e. The summed E-state index contributed by atoms with van der Waals surface area (Å²) in [6.45, 7) is 1.92. The summed E-state index contributed by atoms with van der Waals surface area (Å²) in [7, 11) is 0. The van der Waals surface area contributed by atoms with Gasteiger partial charge in [-0.25, -0.2) is 0 Å². The van der Waals surface area contributed by atoms with E-state index < -0.39 is 0 Å². The van der Waals surface area contributed by atoms with Crippen LogP contribution in [0.25, 0.3) is 0 Å². The van der Waals surface area contributed by atoms with Gasteiger partial charge in [-0.3, -0.25) is 0 Å². The van der Waals surface area contributed by atoms with Crippen LogP contribution in [0, 0.1) is 0 Å². The van der Waals surface area contributed by atoms with E-state index in [1.807, 2.05) is 6.92 Å². The summed E-state index contributed by atoms with van der Waals surface area (Å²) >= 11 is 0. The Hall–Kier alpha value is 0.557. The van der Waals surface area contributed by atoms with Gasteiger partial charge in [0.25, 0.3) is 0 Å². The normalized spacial score (nSPS) is 24.8. The van der Waals surface area contributed by atoms with Crippen LogP contribution >= 0.6 is 0 Å². The quantitative estimate of drug-likeness (QED) is 0.366. The second kappa shape index (κ2) is 2.92. The van der Waals surface area contributed by atoms with Crippen LogP contribution in [-0.4, -0.2) is 10.7 Å². The summed E-state index contributed by atoms with van der Waals surface area (Å²) in [6, 6.07) is 0. The van der Waals surface area contributed by atoms with Crippen molar-refractivity contribution in [2.45, 2.75) is 38.2 Å². The molecule has 0 amide bonds. The van der Waals surface area contributed by atoms with Crippen LogP contribution in [-0.2, 0) is 0 Å². The van der Waals surface area contributed by atoms with Crippen molar-refractivity contribution in [1.82, 2.24) is 0 Å². The summed E-state index contributed by atoms with van der Waals surface area (Å²) in [6.07, 6.45) is 4.44. The summed E-state index contributed by atoms with van der Waals surface area (Å²) in [5.41, 5.74) is -0.306. The molecule has 0 aromatic heterocycles. The topological polar surface area (TPSA) is 20.2 Å². The van der Waals surface area contributed by atoms with Crippen LogP contribution in [0.15, 0.2) is 0 Å². The maximum Gasteiger partial charge on any atom is 1.00 e. The van der Waals surface area contributed by atoms with Crippen molar-refractivity contribution in [2.75, 3.05) is 0 Å². The van der Waals surface area contributed by atoms with Gasteiger partial charge in [0.15, 0.2) is 0 Å². The van der Waals surface area contributed by atoms with Gasteiger partial charge in [0, 0.05) is 0 Å². The van der Waals surface area contributed by atoms with Gasteiger partial charge in [0.1, 0.15) is 0 Å². The van der Waals surface area contributed by atoms with Gasteiger partial charge in [0.2, 0.25) is 0 Å². The first-order valence-electron chi connectivity index (χ1n) is 2.93. The first kappa shape index (κ1) is 8.56. The van der Waals surface area contributed by atoms with Crippen LogP contribution in [0.1, 0.15) is 32.6 Å². The Bertz CT molecular complexity index is 62.9. The molecule has 0 aromatic carbocycles. The first-order valence-corrected chi connectivity index (χ1v) is 2.93. The molecule has 0 radical (unpaired) electrons. The summed E-state index contributed by atoms with van der Waals surface area (Å²) < 4.78 is 0. The van der Waals surface area contributed by atoms with Gasteiger partial charge in [-0.1, -0.05) is 12.8 Å². The standard InChI is InChI=1S/C6H12O.Li/c1-6(7)4-2-3-5-6;/h7H,2-5H2,1H3;/q;+1. The molecule has 1 aliphatic rings. The average molecular weight is 107 g/mol. The van der Waals surface area contributed by atoms with Gasteiger partial charge >= 0.3 is 18.9 Å². The maximum atomic E-state index is 9.19. The molecular formula is C6H12LiO+. The predicted molar refractivity (Wildman–Crippen MR) is 29.1 cm³/mol. The minimum Gasteiger partial charge on any atom is -0.390 e. The molecule has 1 nitrogen and oxygen atoms in total. The Morgan fingerprint density at radius 1 is 1.25 bits per heavy atom. The number of aliphatic hydroxyl groups is 1. The van der Waals surface area contributed by atoms with Crippen molar-refractivity contribution in [3.05, 3.63) is 0 Å². The van der Waals surface area contributed by atoms with Crippen molar-refractivity contribution in [2.24, 2.45) is 0 Å². The van der Waals surface area contributed by atoms with E-state index in [0.29, 0.717) is 0 Å². The van der Waals surface area contributed by atoms with Crippen LogP contribution < -0.4 is 18.9 Å². The average Bonchev–Trinajstić information content (AvgIpc) is 1.84. The molecule has 0 bridgehead atoms. The predicted octanol–water partition coefficient (Wildman–Crippen LogP) is -1.68. The Labute approximate surface area is 62.6 Å². The fraction of sp³-hybridized carbons (Fsp3) is 1.00. The Kier molecular flexibility index (Phi) is 3.12. The second-order valence-electron chi connectivity index (χ2n) is 2.70. The van der Waals surface area contributed by atoms with Gasteiger partial charge in [-0.2, -0.15) is 0 Å². The van der Waals surface area contributed by atoms with Gasteiger partial charge in [0.05, 0.1) is 5.60 Å². The van der Waals surface area contributed by atoms with Crippen LogP contribution in [0.2, 0.25) is 0 Å². The fourth-order valence-corrected chi connectivity index (χ4v) is 1.14. The van der Waals surface area contributed by atoms with Gasteiger partial charge < -0.3 is 5.11 Å². The van der Waals surface area contributed by atoms with E-state index in [9.17, 15) is 5.11 Å². The molecule has 1 rings (SSSR count). The molecule has 2 heteroatoms. The molecule has 0 aliphatic heterocycles. The molecule has 0 spiro atoms. The summed E-state index contributed by atoms with van der Waals surface area (Å²) in [4.78, 5) is 0. The molecule has 0 aromatic rings. The molecule has 1 aliphatic carbocycles. The molecule has 0 saturated heterocycles. The van der Waals surface area contributed by atoms with Crippen molar-refractivity contribution < 1.29 is 24.0 Å². The molecule has 0 unspecified atom stereocenters. The van der Waals surface area contributed by atoms with Crippen molar-refractivity contribution in [3.8, 4) is 0 Å².